The molecule has 0 heterocycles. The standard InChI is InChI=1S/C25H19ClN2O5/c1-31-21-10-6-5-9-20(21)28-24(29)17(15-27)13-16-11-12-22(23(14-16)32-2)33-25(30)18-7-3-4-8-19(18)26/h3-14H,1-2H3,(H,28,29)/b17-13+. The van der Waals surface area contributed by atoms with Gasteiger partial charge < -0.3 is 19.5 Å². The molecule has 0 saturated carbocycles. The molecule has 33 heavy (non-hydrogen) atoms. The van der Waals surface area contributed by atoms with Crippen LogP contribution in [0.2, 0.25) is 5.02 Å². The van der Waals surface area contributed by atoms with E-state index in [1.54, 1.807) is 60.7 Å². The lowest BCUT2D eigenvalue weighted by Gasteiger charge is -2.11. The molecule has 0 bridgehead atoms. The molecule has 0 aliphatic rings. The number of hydrogen-bond donors (Lipinski definition) is 1. The van der Waals surface area contributed by atoms with Crippen LogP contribution in [0.25, 0.3) is 6.08 Å². The van der Waals surface area contributed by atoms with Gasteiger partial charge in [0.25, 0.3) is 5.91 Å². The predicted octanol–water partition coefficient (Wildman–Crippen LogP) is 5.12. The topological polar surface area (TPSA) is 97.6 Å². The molecule has 0 unspecified atom stereocenters. The number of hydrogen-bond acceptors (Lipinski definition) is 6. The molecule has 1 N–H and O–H groups in total. The molecule has 0 radical (unpaired) electrons. The fourth-order valence-electron chi connectivity index (χ4n) is 2.89. The maximum Gasteiger partial charge on any atom is 0.345 e. The van der Waals surface area contributed by atoms with E-state index in [9.17, 15) is 14.9 Å². The lowest BCUT2D eigenvalue weighted by molar-refractivity contribution is -0.112. The first kappa shape index (κ1) is 23.4. The molecule has 0 aromatic heterocycles. The van der Waals surface area contributed by atoms with E-state index in [0.29, 0.717) is 17.0 Å². The van der Waals surface area contributed by atoms with Gasteiger partial charge >= 0.3 is 5.97 Å². The Morgan fingerprint density at radius 2 is 1.64 bits per heavy atom. The molecule has 8 heteroatoms. The maximum absolute atomic E-state index is 12.6. The van der Waals surface area contributed by atoms with Crippen molar-refractivity contribution in [3.8, 4) is 23.3 Å². The van der Waals surface area contributed by atoms with E-state index < -0.39 is 11.9 Å². The van der Waals surface area contributed by atoms with Crippen molar-refractivity contribution in [3.05, 3.63) is 88.5 Å². The van der Waals surface area contributed by atoms with Gasteiger partial charge in [0.1, 0.15) is 17.4 Å². The van der Waals surface area contributed by atoms with Crippen LogP contribution in [-0.2, 0) is 4.79 Å². The minimum atomic E-state index is -0.643. The third kappa shape index (κ3) is 5.70. The number of rotatable bonds is 7. The second-order valence-electron chi connectivity index (χ2n) is 6.60. The van der Waals surface area contributed by atoms with E-state index in [1.165, 1.54) is 26.4 Å². The Kier molecular flexibility index (Phi) is 7.68. The van der Waals surface area contributed by atoms with Gasteiger partial charge in [0, 0.05) is 0 Å². The Morgan fingerprint density at radius 1 is 0.939 bits per heavy atom. The van der Waals surface area contributed by atoms with Crippen molar-refractivity contribution in [2.45, 2.75) is 0 Å². The first-order valence-corrected chi connectivity index (χ1v) is 10.1. The van der Waals surface area contributed by atoms with Crippen LogP contribution in [0.4, 0.5) is 5.69 Å². The van der Waals surface area contributed by atoms with E-state index in [0.717, 1.165) is 0 Å². The molecular weight excluding hydrogens is 444 g/mol. The smallest absolute Gasteiger partial charge is 0.345 e. The SMILES string of the molecule is COc1ccccc1NC(=O)/C(C#N)=C/c1ccc(OC(=O)c2ccccc2Cl)c(OC)c1. The Bertz CT molecular complexity index is 1260. The van der Waals surface area contributed by atoms with Crippen molar-refractivity contribution < 1.29 is 23.8 Å². The summed E-state index contributed by atoms with van der Waals surface area (Å²) in [5, 5.41) is 12.4. The van der Waals surface area contributed by atoms with E-state index in [1.807, 2.05) is 6.07 Å². The molecule has 166 valence electrons. The van der Waals surface area contributed by atoms with E-state index in [2.05, 4.69) is 5.32 Å². The third-order valence-electron chi connectivity index (χ3n) is 4.52. The summed E-state index contributed by atoms with van der Waals surface area (Å²) in [6, 6.07) is 19.9. The molecule has 0 aliphatic carbocycles. The zero-order chi connectivity index (χ0) is 23.8. The second-order valence-corrected chi connectivity index (χ2v) is 7.01. The Morgan fingerprint density at radius 3 is 2.33 bits per heavy atom. The minimum Gasteiger partial charge on any atom is -0.495 e. The van der Waals surface area contributed by atoms with Gasteiger partial charge in [-0.2, -0.15) is 5.26 Å². The van der Waals surface area contributed by atoms with Crippen LogP contribution in [0.5, 0.6) is 17.2 Å². The van der Waals surface area contributed by atoms with Crippen LogP contribution in [-0.4, -0.2) is 26.1 Å². The zero-order valence-corrected chi connectivity index (χ0v) is 18.6. The van der Waals surface area contributed by atoms with Gasteiger partial charge in [0.2, 0.25) is 0 Å². The van der Waals surface area contributed by atoms with E-state index >= 15 is 0 Å². The summed E-state index contributed by atoms with van der Waals surface area (Å²) < 4.78 is 15.9. The van der Waals surface area contributed by atoms with Gasteiger partial charge in [-0.25, -0.2) is 4.79 Å². The predicted molar refractivity (Wildman–Crippen MR) is 125 cm³/mol. The normalized spacial score (nSPS) is 10.7. The molecule has 3 rings (SSSR count). The molecule has 0 spiro atoms. The summed E-state index contributed by atoms with van der Waals surface area (Å²) in [7, 11) is 2.90. The summed E-state index contributed by atoms with van der Waals surface area (Å²) in [6.45, 7) is 0. The molecule has 1 amide bonds. The van der Waals surface area contributed by atoms with Crippen molar-refractivity contribution in [2.75, 3.05) is 19.5 Å². The maximum atomic E-state index is 12.6. The van der Waals surface area contributed by atoms with Gasteiger partial charge in [0.15, 0.2) is 11.5 Å². The zero-order valence-electron chi connectivity index (χ0n) is 17.8. The largest absolute Gasteiger partial charge is 0.495 e. The number of nitrogens with zero attached hydrogens (tertiary/aromatic N) is 1. The summed E-state index contributed by atoms with van der Waals surface area (Å²) >= 11 is 6.05. The van der Waals surface area contributed by atoms with Crippen LogP contribution in [0.1, 0.15) is 15.9 Å². The van der Waals surface area contributed by atoms with Crippen LogP contribution >= 0.6 is 11.6 Å². The first-order chi connectivity index (χ1) is 16.0. The van der Waals surface area contributed by atoms with Gasteiger partial charge in [-0.1, -0.05) is 41.9 Å². The second kappa shape index (κ2) is 10.8. The number of esters is 1. The molecule has 0 atom stereocenters. The molecule has 7 nitrogen and oxygen atoms in total. The summed E-state index contributed by atoms with van der Waals surface area (Å²) in [5.74, 6) is -0.371. The van der Waals surface area contributed by atoms with Crippen molar-refractivity contribution in [1.29, 1.82) is 5.26 Å². The summed E-state index contributed by atoms with van der Waals surface area (Å²) in [5.41, 5.74) is 1.01. The molecule has 3 aromatic carbocycles. The van der Waals surface area contributed by atoms with Gasteiger partial charge in [-0.15, -0.1) is 0 Å². The monoisotopic (exact) mass is 462 g/mol. The number of nitriles is 1. The Labute approximate surface area is 195 Å². The fourth-order valence-corrected chi connectivity index (χ4v) is 3.11. The number of para-hydroxylation sites is 2. The molecule has 0 fully saturated rings. The number of carbonyl (C=O) groups is 2. The number of benzene rings is 3. The highest BCUT2D eigenvalue weighted by atomic mass is 35.5. The number of methoxy groups -OCH3 is 2. The highest BCUT2D eigenvalue weighted by molar-refractivity contribution is 6.33. The molecular formula is C25H19ClN2O5. The third-order valence-corrected chi connectivity index (χ3v) is 4.84. The van der Waals surface area contributed by atoms with E-state index in [-0.39, 0.29) is 27.7 Å². The van der Waals surface area contributed by atoms with Crippen molar-refractivity contribution in [1.82, 2.24) is 0 Å². The van der Waals surface area contributed by atoms with E-state index in [4.69, 9.17) is 25.8 Å². The van der Waals surface area contributed by atoms with Crippen LogP contribution in [0.3, 0.4) is 0 Å². The van der Waals surface area contributed by atoms with Crippen LogP contribution in [0, 0.1) is 11.3 Å². The van der Waals surface area contributed by atoms with Gasteiger partial charge in [-0.3, -0.25) is 4.79 Å². The number of ether oxygens (including phenoxy) is 3. The fraction of sp³-hybridized carbons (Fsp3) is 0.0800. The van der Waals surface area contributed by atoms with Crippen LogP contribution in [0.15, 0.2) is 72.3 Å². The highest BCUT2D eigenvalue weighted by Gasteiger charge is 2.16. The number of amides is 1. The lowest BCUT2D eigenvalue weighted by Crippen LogP contribution is -2.14. The lowest BCUT2D eigenvalue weighted by atomic mass is 10.1. The quantitative estimate of drug-likeness (QED) is 0.226. The number of carbonyl (C=O) groups excluding carboxylic acids is 2. The van der Waals surface area contributed by atoms with Crippen molar-refractivity contribution in [3.63, 3.8) is 0 Å². The average Bonchev–Trinajstić information content (AvgIpc) is 2.83. The minimum absolute atomic E-state index is 0.135. The number of nitrogens with one attached hydrogen (secondary N) is 1. The first-order valence-electron chi connectivity index (χ1n) is 9.67. The molecule has 3 aromatic rings. The number of anilines is 1. The van der Waals surface area contributed by atoms with Crippen molar-refractivity contribution in [2.24, 2.45) is 0 Å². The van der Waals surface area contributed by atoms with Crippen LogP contribution < -0.4 is 19.5 Å². The highest BCUT2D eigenvalue weighted by Crippen LogP contribution is 2.31. The summed E-state index contributed by atoms with van der Waals surface area (Å²) in [6.07, 6.45) is 1.40. The van der Waals surface area contributed by atoms with Crippen molar-refractivity contribution >= 4 is 35.2 Å². The molecule has 0 aliphatic heterocycles. The number of halogens is 1. The Hall–Kier alpha value is -4.28. The van der Waals surface area contributed by atoms with Gasteiger partial charge in [-0.05, 0) is 48.0 Å². The summed E-state index contributed by atoms with van der Waals surface area (Å²) in [4.78, 5) is 25.0. The Balaban J connectivity index is 1.82. The average molecular weight is 463 g/mol. The molecule has 0 saturated heterocycles. The van der Waals surface area contributed by atoms with Gasteiger partial charge in [0.05, 0.1) is 30.5 Å².